The first-order chi connectivity index (χ1) is 4.86. The van der Waals surface area contributed by atoms with E-state index in [2.05, 4.69) is 10.3 Å². The number of rotatable bonds is 0. The normalized spacial score (nSPS) is 28.7. The van der Waals surface area contributed by atoms with Crippen LogP contribution in [-0.4, -0.2) is 16.6 Å². The van der Waals surface area contributed by atoms with E-state index in [4.69, 9.17) is 0 Å². The SMILES string of the molecule is [O-][S+]1C=C2NC=[N+]C=C2C1. The van der Waals surface area contributed by atoms with Gasteiger partial charge in [-0.05, 0) is 11.2 Å². The summed E-state index contributed by atoms with van der Waals surface area (Å²) in [5.74, 6) is 0.611. The minimum absolute atomic E-state index is 0.611. The summed E-state index contributed by atoms with van der Waals surface area (Å²) in [5, 5.41) is 4.64. The summed E-state index contributed by atoms with van der Waals surface area (Å²) in [6.45, 7) is 0. The quantitative estimate of drug-likeness (QED) is 0.475. The summed E-state index contributed by atoms with van der Waals surface area (Å²) in [7, 11) is 0. The largest absolute Gasteiger partial charge is 0.612 e. The van der Waals surface area contributed by atoms with Gasteiger partial charge >= 0.3 is 0 Å². The van der Waals surface area contributed by atoms with E-state index >= 15 is 0 Å². The lowest BCUT2D eigenvalue weighted by molar-refractivity contribution is 0.607. The van der Waals surface area contributed by atoms with E-state index in [0.717, 1.165) is 11.3 Å². The molecule has 4 heteroatoms. The van der Waals surface area contributed by atoms with Crippen LogP contribution >= 0.6 is 0 Å². The number of hydrogen-bond donors (Lipinski definition) is 1. The summed E-state index contributed by atoms with van der Waals surface area (Å²) >= 11 is -0.816. The molecule has 0 aromatic rings. The fourth-order valence-electron chi connectivity index (χ4n) is 0.947. The number of nitrogens with one attached hydrogen (secondary N) is 1. The third-order valence-electron chi connectivity index (χ3n) is 1.42. The second-order valence-electron chi connectivity index (χ2n) is 2.13. The average Bonchev–Trinajstić information content (AvgIpc) is 2.27. The lowest BCUT2D eigenvalue weighted by atomic mass is 10.2. The number of fused-ring (bicyclic) bond motifs is 1. The Balaban J connectivity index is 2.33. The summed E-state index contributed by atoms with van der Waals surface area (Å²) in [4.78, 5) is 3.88. The van der Waals surface area contributed by atoms with Gasteiger partial charge in [-0.15, -0.1) is 0 Å². The summed E-state index contributed by atoms with van der Waals surface area (Å²) in [6, 6.07) is 0. The molecule has 0 saturated heterocycles. The molecule has 3 nitrogen and oxygen atoms in total. The van der Waals surface area contributed by atoms with Crippen LogP contribution in [0.5, 0.6) is 0 Å². The zero-order valence-corrected chi connectivity index (χ0v) is 6.02. The number of allylic oxidation sites excluding steroid dienone is 1. The Kier molecular flexibility index (Phi) is 1.28. The second-order valence-corrected chi connectivity index (χ2v) is 3.42. The molecule has 0 aliphatic carbocycles. The molecule has 2 aliphatic rings. The number of aliphatic imine (C=N–C) groups is 1. The topological polar surface area (TPSA) is 49.2 Å². The molecule has 2 heterocycles. The molecule has 51 valence electrons. The van der Waals surface area contributed by atoms with Gasteiger partial charge in [0.15, 0.2) is 17.3 Å². The second kappa shape index (κ2) is 2.14. The maximum Gasteiger partial charge on any atom is 0.284 e. The average molecular weight is 154 g/mol. The van der Waals surface area contributed by atoms with Crippen LogP contribution in [0.1, 0.15) is 0 Å². The van der Waals surface area contributed by atoms with Gasteiger partial charge in [-0.1, -0.05) is 4.99 Å². The molecular formula is C6H6N2OS+. The van der Waals surface area contributed by atoms with E-state index in [1.807, 2.05) is 0 Å². The van der Waals surface area contributed by atoms with Crippen molar-refractivity contribution in [3.63, 3.8) is 0 Å². The van der Waals surface area contributed by atoms with Crippen LogP contribution in [0.25, 0.3) is 0 Å². The van der Waals surface area contributed by atoms with E-state index in [1.54, 1.807) is 17.9 Å². The van der Waals surface area contributed by atoms with Crippen molar-refractivity contribution < 1.29 is 4.55 Å². The molecule has 1 radical (unpaired) electrons. The molecule has 0 spiro atoms. The predicted molar refractivity (Wildman–Crippen MR) is 40.5 cm³/mol. The molecular weight excluding hydrogens is 148 g/mol. The molecule has 0 aromatic heterocycles. The Morgan fingerprint density at radius 1 is 1.70 bits per heavy atom. The van der Waals surface area contributed by atoms with Gasteiger partial charge in [-0.25, -0.2) is 5.32 Å². The maximum absolute atomic E-state index is 10.9. The van der Waals surface area contributed by atoms with Crippen molar-refractivity contribution in [1.29, 1.82) is 0 Å². The number of hydrogen-bond acceptors (Lipinski definition) is 3. The molecule has 2 aliphatic heterocycles. The standard InChI is InChI=1S/C6H6N2OS/c9-10-2-5-1-7-4-8-6(5)3-10/h1,3-4,8H,2H2/q+1. The molecule has 0 fully saturated rings. The first kappa shape index (κ1) is 6.00. The van der Waals surface area contributed by atoms with Crippen LogP contribution in [0, 0.1) is 0 Å². The van der Waals surface area contributed by atoms with E-state index in [1.165, 1.54) is 0 Å². The zero-order chi connectivity index (χ0) is 6.97. The van der Waals surface area contributed by atoms with Crippen molar-refractivity contribution in [1.82, 2.24) is 10.3 Å². The van der Waals surface area contributed by atoms with Gasteiger partial charge < -0.3 is 4.55 Å². The fourth-order valence-corrected chi connectivity index (χ4v) is 2.05. The van der Waals surface area contributed by atoms with Gasteiger partial charge in [0.2, 0.25) is 0 Å². The molecule has 1 unspecified atom stereocenters. The van der Waals surface area contributed by atoms with E-state index in [9.17, 15) is 4.55 Å². The highest BCUT2D eigenvalue weighted by Gasteiger charge is 2.28. The van der Waals surface area contributed by atoms with Gasteiger partial charge in [0.05, 0.1) is 5.57 Å². The Morgan fingerprint density at radius 2 is 2.60 bits per heavy atom. The Labute approximate surface area is 61.7 Å². The molecule has 2 rings (SSSR count). The number of nitrogens with zero attached hydrogens (tertiary/aromatic N) is 1. The highest BCUT2D eigenvalue weighted by molar-refractivity contribution is 7.94. The van der Waals surface area contributed by atoms with Crippen LogP contribution in [0.3, 0.4) is 0 Å². The predicted octanol–water partition coefficient (Wildman–Crippen LogP) is -0.559. The molecule has 0 saturated carbocycles. The van der Waals surface area contributed by atoms with Crippen LogP contribution in [0.4, 0.5) is 0 Å². The van der Waals surface area contributed by atoms with Crippen molar-refractivity contribution >= 4 is 17.5 Å². The highest BCUT2D eigenvalue weighted by Crippen LogP contribution is 2.20. The Morgan fingerprint density at radius 3 is 3.40 bits per heavy atom. The molecule has 1 N–H and O–H groups in total. The van der Waals surface area contributed by atoms with Gasteiger partial charge in [0, 0.05) is 0 Å². The first-order valence-electron chi connectivity index (χ1n) is 2.93. The van der Waals surface area contributed by atoms with Crippen LogP contribution < -0.4 is 10.3 Å². The first-order valence-corrected chi connectivity index (χ1v) is 4.31. The Bertz CT molecular complexity index is 244. The lowest BCUT2D eigenvalue weighted by Gasteiger charge is -1.95. The van der Waals surface area contributed by atoms with Crippen LogP contribution in [-0.2, 0) is 11.2 Å². The van der Waals surface area contributed by atoms with Crippen LogP contribution in [0.15, 0.2) is 22.9 Å². The molecule has 0 bridgehead atoms. The molecule has 10 heavy (non-hydrogen) atoms. The zero-order valence-electron chi connectivity index (χ0n) is 5.20. The van der Waals surface area contributed by atoms with Gasteiger partial charge in [-0.2, -0.15) is 0 Å². The van der Waals surface area contributed by atoms with Crippen molar-refractivity contribution in [2.75, 3.05) is 5.75 Å². The Hall–Kier alpha value is -0.740. The van der Waals surface area contributed by atoms with Gasteiger partial charge in [0.25, 0.3) is 6.34 Å². The minimum Gasteiger partial charge on any atom is -0.612 e. The summed E-state index contributed by atoms with van der Waals surface area (Å²) in [5.41, 5.74) is 1.99. The maximum atomic E-state index is 10.9. The smallest absolute Gasteiger partial charge is 0.284 e. The monoisotopic (exact) mass is 154 g/mol. The van der Waals surface area contributed by atoms with Crippen molar-refractivity contribution in [2.24, 2.45) is 0 Å². The van der Waals surface area contributed by atoms with Crippen LogP contribution in [0.2, 0.25) is 0 Å². The fraction of sp³-hybridized carbons (Fsp3) is 0.167. The lowest BCUT2D eigenvalue weighted by Crippen LogP contribution is -2.18. The minimum atomic E-state index is -0.816. The van der Waals surface area contributed by atoms with E-state index < -0.39 is 11.2 Å². The van der Waals surface area contributed by atoms with Crippen molar-refractivity contribution in [3.05, 3.63) is 22.9 Å². The third-order valence-corrected chi connectivity index (χ3v) is 2.51. The van der Waals surface area contributed by atoms with Crippen molar-refractivity contribution in [2.45, 2.75) is 0 Å². The summed E-state index contributed by atoms with van der Waals surface area (Å²) in [6.07, 6.45) is 3.34. The third kappa shape index (κ3) is 0.853. The molecule has 0 aromatic carbocycles. The van der Waals surface area contributed by atoms with E-state index in [-0.39, 0.29) is 0 Å². The van der Waals surface area contributed by atoms with Crippen molar-refractivity contribution in [3.8, 4) is 0 Å². The van der Waals surface area contributed by atoms with E-state index in [0.29, 0.717) is 5.75 Å². The molecule has 1 atom stereocenters. The van der Waals surface area contributed by atoms with Gasteiger partial charge in [0.1, 0.15) is 5.75 Å². The summed E-state index contributed by atoms with van der Waals surface area (Å²) < 4.78 is 10.9. The van der Waals surface area contributed by atoms with Gasteiger partial charge in [-0.3, -0.25) is 0 Å². The highest BCUT2D eigenvalue weighted by atomic mass is 32.2. The molecule has 0 amide bonds.